The van der Waals surface area contributed by atoms with Gasteiger partial charge in [0.05, 0.1) is 18.0 Å². The van der Waals surface area contributed by atoms with Crippen molar-refractivity contribution < 1.29 is 4.79 Å². The van der Waals surface area contributed by atoms with Crippen molar-refractivity contribution in [3.8, 4) is 0 Å². The third kappa shape index (κ3) is 5.35. The molecular weight excluding hydrogens is 398 g/mol. The molecule has 0 saturated carbocycles. The topological polar surface area (TPSA) is 44.7 Å². The molecule has 2 heterocycles. The Hall–Kier alpha value is -2.41. The van der Waals surface area contributed by atoms with E-state index in [4.69, 9.17) is 0 Å². The van der Waals surface area contributed by atoms with Gasteiger partial charge in [0.2, 0.25) is 5.91 Å². The van der Waals surface area contributed by atoms with Crippen LogP contribution in [0.4, 0.5) is 0 Å². The van der Waals surface area contributed by atoms with E-state index in [0.29, 0.717) is 11.0 Å². The summed E-state index contributed by atoms with van der Waals surface area (Å²) in [6.45, 7) is 1.95. The molecule has 0 atom stereocenters. The van der Waals surface area contributed by atoms with Crippen molar-refractivity contribution in [2.24, 2.45) is 5.10 Å². The molecule has 148 valence electrons. The lowest BCUT2D eigenvalue weighted by atomic mass is 9.94. The Balaban J connectivity index is 1.28. The number of carbonyl (C=O) groups excluding carboxylic acids is 1. The van der Waals surface area contributed by atoms with E-state index in [9.17, 15) is 4.79 Å². The molecule has 0 unspecified atom stereocenters. The maximum absolute atomic E-state index is 12.0. The number of hydrogen-bond acceptors (Lipinski definition) is 5. The minimum Gasteiger partial charge on any atom is -0.290 e. The Morgan fingerprint density at radius 3 is 2.31 bits per heavy atom. The number of hydrogen-bond donors (Lipinski definition) is 1. The molecule has 1 aliphatic rings. The SMILES string of the molecule is O=C(CSC1CN(C(c2ccccc2)c2ccccc2)C1)NN=Cc1cccs1. The van der Waals surface area contributed by atoms with Gasteiger partial charge < -0.3 is 0 Å². The quantitative estimate of drug-likeness (QED) is 0.433. The first-order valence-corrected chi connectivity index (χ1v) is 11.5. The molecule has 0 spiro atoms. The first-order valence-electron chi connectivity index (χ1n) is 9.60. The Bertz CT molecular complexity index is 884. The van der Waals surface area contributed by atoms with Crippen LogP contribution in [0.15, 0.2) is 83.3 Å². The van der Waals surface area contributed by atoms with Gasteiger partial charge in [-0.2, -0.15) is 5.10 Å². The molecule has 0 radical (unpaired) electrons. The van der Waals surface area contributed by atoms with Crippen molar-refractivity contribution in [2.75, 3.05) is 18.8 Å². The number of likely N-dealkylation sites (tertiary alicyclic amines) is 1. The van der Waals surface area contributed by atoms with Crippen molar-refractivity contribution in [1.29, 1.82) is 0 Å². The molecular formula is C23H23N3OS2. The van der Waals surface area contributed by atoms with E-state index < -0.39 is 0 Å². The van der Waals surface area contributed by atoms with Crippen LogP contribution in [-0.2, 0) is 4.79 Å². The average Bonchev–Trinajstić information content (AvgIpc) is 3.24. The highest BCUT2D eigenvalue weighted by molar-refractivity contribution is 8.00. The summed E-state index contributed by atoms with van der Waals surface area (Å²) in [4.78, 5) is 15.5. The smallest absolute Gasteiger partial charge is 0.250 e. The van der Waals surface area contributed by atoms with Gasteiger partial charge in [-0.1, -0.05) is 66.7 Å². The number of benzene rings is 2. The first-order chi connectivity index (χ1) is 14.3. The van der Waals surface area contributed by atoms with Crippen LogP contribution in [0.1, 0.15) is 22.0 Å². The normalized spacial score (nSPS) is 14.9. The monoisotopic (exact) mass is 421 g/mol. The summed E-state index contributed by atoms with van der Waals surface area (Å²) in [5.41, 5.74) is 5.23. The molecule has 1 fully saturated rings. The number of thioether (sulfide) groups is 1. The maximum atomic E-state index is 12.0. The van der Waals surface area contributed by atoms with Crippen LogP contribution in [0, 0.1) is 0 Å². The molecule has 29 heavy (non-hydrogen) atoms. The fraction of sp³-hybridized carbons (Fsp3) is 0.217. The van der Waals surface area contributed by atoms with E-state index in [1.165, 1.54) is 11.1 Å². The number of carbonyl (C=O) groups is 1. The highest BCUT2D eigenvalue weighted by atomic mass is 32.2. The van der Waals surface area contributed by atoms with Gasteiger partial charge >= 0.3 is 0 Å². The van der Waals surface area contributed by atoms with Crippen LogP contribution >= 0.6 is 23.1 Å². The van der Waals surface area contributed by atoms with E-state index in [2.05, 4.69) is 76.1 Å². The summed E-state index contributed by atoms with van der Waals surface area (Å²) in [6, 6.07) is 25.5. The molecule has 0 bridgehead atoms. The third-order valence-electron chi connectivity index (χ3n) is 4.85. The zero-order valence-corrected chi connectivity index (χ0v) is 17.6. The molecule has 4 rings (SSSR count). The summed E-state index contributed by atoms with van der Waals surface area (Å²) >= 11 is 3.30. The lowest BCUT2D eigenvalue weighted by Gasteiger charge is -2.44. The molecule has 6 heteroatoms. The Kier molecular flexibility index (Phi) is 6.77. The Labute approximate surface area is 179 Å². The fourth-order valence-electron chi connectivity index (χ4n) is 3.43. The highest BCUT2D eigenvalue weighted by Gasteiger charge is 2.34. The van der Waals surface area contributed by atoms with Crippen molar-refractivity contribution in [3.05, 3.63) is 94.2 Å². The second-order valence-corrected chi connectivity index (χ2v) is 9.19. The van der Waals surface area contributed by atoms with Crippen molar-refractivity contribution in [1.82, 2.24) is 10.3 Å². The van der Waals surface area contributed by atoms with E-state index >= 15 is 0 Å². The molecule has 1 N–H and O–H groups in total. The molecule has 1 amide bonds. The van der Waals surface area contributed by atoms with Crippen LogP contribution in [0.3, 0.4) is 0 Å². The number of thiophene rings is 1. The zero-order chi connectivity index (χ0) is 19.9. The average molecular weight is 422 g/mol. The predicted molar refractivity (Wildman–Crippen MR) is 123 cm³/mol. The number of amides is 1. The lowest BCUT2D eigenvalue weighted by Crippen LogP contribution is -2.51. The van der Waals surface area contributed by atoms with Crippen LogP contribution < -0.4 is 5.43 Å². The molecule has 1 aliphatic heterocycles. The van der Waals surface area contributed by atoms with Gasteiger partial charge in [-0.3, -0.25) is 9.69 Å². The van der Waals surface area contributed by atoms with Gasteiger partial charge in [0.1, 0.15) is 0 Å². The summed E-state index contributed by atoms with van der Waals surface area (Å²) in [6.07, 6.45) is 1.68. The van der Waals surface area contributed by atoms with E-state index in [0.717, 1.165) is 18.0 Å². The van der Waals surface area contributed by atoms with E-state index in [-0.39, 0.29) is 11.9 Å². The number of rotatable bonds is 8. The summed E-state index contributed by atoms with van der Waals surface area (Å²) in [5, 5.41) is 6.48. The number of nitrogens with zero attached hydrogens (tertiary/aromatic N) is 2. The standard InChI is InChI=1S/C23H23N3OS2/c27-22(25-24-14-20-12-7-13-28-20)17-29-21-15-26(16-21)23(18-8-3-1-4-9-18)19-10-5-2-6-11-19/h1-14,21,23H,15-17H2,(H,25,27). The van der Waals surface area contributed by atoms with Crippen LogP contribution in [0.2, 0.25) is 0 Å². The maximum Gasteiger partial charge on any atom is 0.250 e. The number of nitrogens with one attached hydrogen (secondary N) is 1. The zero-order valence-electron chi connectivity index (χ0n) is 16.0. The van der Waals surface area contributed by atoms with E-state index in [1.807, 2.05) is 17.5 Å². The van der Waals surface area contributed by atoms with Gasteiger partial charge in [-0.05, 0) is 22.6 Å². The van der Waals surface area contributed by atoms with Crippen LogP contribution in [-0.4, -0.2) is 41.1 Å². The summed E-state index contributed by atoms with van der Waals surface area (Å²) < 4.78 is 0. The largest absolute Gasteiger partial charge is 0.290 e. The third-order valence-corrected chi connectivity index (χ3v) is 6.85. The van der Waals surface area contributed by atoms with Gasteiger partial charge in [0.25, 0.3) is 0 Å². The van der Waals surface area contributed by atoms with Gasteiger partial charge in [-0.25, -0.2) is 5.43 Å². The van der Waals surface area contributed by atoms with E-state index in [1.54, 1.807) is 29.3 Å². The second kappa shape index (κ2) is 9.87. The molecule has 4 nitrogen and oxygen atoms in total. The fourth-order valence-corrected chi connectivity index (χ4v) is 5.06. The second-order valence-electron chi connectivity index (χ2n) is 6.92. The minimum atomic E-state index is -0.0519. The van der Waals surface area contributed by atoms with Crippen molar-refractivity contribution in [3.63, 3.8) is 0 Å². The molecule has 1 saturated heterocycles. The Morgan fingerprint density at radius 1 is 1.07 bits per heavy atom. The molecule has 3 aromatic rings. The van der Waals surface area contributed by atoms with Gasteiger partial charge in [-0.15, -0.1) is 23.1 Å². The first kappa shape index (κ1) is 19.9. The lowest BCUT2D eigenvalue weighted by molar-refractivity contribution is -0.118. The Morgan fingerprint density at radius 2 is 1.72 bits per heavy atom. The summed E-state index contributed by atoms with van der Waals surface area (Å²) in [7, 11) is 0. The molecule has 2 aromatic carbocycles. The van der Waals surface area contributed by atoms with Gasteiger partial charge in [0, 0.05) is 23.2 Å². The van der Waals surface area contributed by atoms with Crippen LogP contribution in [0.5, 0.6) is 0 Å². The molecule has 1 aromatic heterocycles. The van der Waals surface area contributed by atoms with Crippen molar-refractivity contribution in [2.45, 2.75) is 11.3 Å². The molecule has 0 aliphatic carbocycles. The predicted octanol–water partition coefficient (Wildman–Crippen LogP) is 4.41. The highest BCUT2D eigenvalue weighted by Crippen LogP contribution is 2.35. The van der Waals surface area contributed by atoms with Gasteiger partial charge in [0.15, 0.2) is 0 Å². The van der Waals surface area contributed by atoms with Crippen molar-refractivity contribution >= 4 is 35.2 Å². The summed E-state index contributed by atoms with van der Waals surface area (Å²) in [5.74, 6) is 0.380. The van der Waals surface area contributed by atoms with Crippen LogP contribution in [0.25, 0.3) is 0 Å². The minimum absolute atomic E-state index is 0.0519. The number of hydrazone groups is 1.